The molecule has 0 radical (unpaired) electrons. The first-order valence-corrected chi connectivity index (χ1v) is 9.79. The molecule has 4 rings (SSSR count). The zero-order valence-electron chi connectivity index (χ0n) is 17.2. The lowest BCUT2D eigenvalue weighted by molar-refractivity contribution is 0.576. The quantitative estimate of drug-likeness (QED) is 0.729. The summed E-state index contributed by atoms with van der Waals surface area (Å²) in [5.41, 5.74) is 2.42. The van der Waals surface area contributed by atoms with Crippen LogP contribution < -0.4 is 5.32 Å². The van der Waals surface area contributed by atoms with E-state index in [9.17, 15) is 0 Å². The third kappa shape index (κ3) is 5.67. The molecular weight excluding hydrogens is 336 g/mol. The van der Waals surface area contributed by atoms with Crippen LogP contribution in [0.1, 0.15) is 56.1 Å². The summed E-state index contributed by atoms with van der Waals surface area (Å²) in [6, 6.07) is 10.6. The van der Waals surface area contributed by atoms with E-state index >= 15 is 0 Å². The molecule has 0 saturated carbocycles. The van der Waals surface area contributed by atoms with Gasteiger partial charge in [0, 0.05) is 32.8 Å². The van der Waals surface area contributed by atoms with Crippen molar-refractivity contribution in [1.29, 1.82) is 0 Å². The van der Waals surface area contributed by atoms with Crippen LogP contribution in [0.15, 0.2) is 42.9 Å². The summed E-state index contributed by atoms with van der Waals surface area (Å²) in [6.07, 6.45) is 7.34. The highest BCUT2D eigenvalue weighted by atomic mass is 15.4. The lowest BCUT2D eigenvalue weighted by Crippen LogP contribution is -2.08. The normalized spacial score (nSPS) is 15.4. The van der Waals surface area contributed by atoms with E-state index in [4.69, 9.17) is 0 Å². The highest BCUT2D eigenvalue weighted by Gasteiger charge is 2.23. The number of hydrogen-bond acceptors (Lipinski definition) is 4. The van der Waals surface area contributed by atoms with Gasteiger partial charge in [-0.25, -0.2) is 9.67 Å². The molecule has 3 heterocycles. The summed E-state index contributed by atoms with van der Waals surface area (Å²) in [4.78, 5) is 8.61. The second kappa shape index (κ2) is 10.5. The van der Waals surface area contributed by atoms with Crippen LogP contribution in [-0.2, 0) is 13.6 Å². The zero-order chi connectivity index (χ0) is 19.6. The molecule has 3 aromatic rings. The lowest BCUT2D eigenvalue weighted by atomic mass is 9.94. The molecule has 1 aliphatic heterocycles. The van der Waals surface area contributed by atoms with Crippen molar-refractivity contribution in [2.45, 2.75) is 52.5 Å². The van der Waals surface area contributed by atoms with Crippen LogP contribution in [0.4, 0.5) is 5.95 Å². The maximum atomic E-state index is 4.63. The van der Waals surface area contributed by atoms with Crippen molar-refractivity contribution >= 4 is 5.95 Å². The molecule has 0 bridgehead atoms. The number of benzene rings is 1. The van der Waals surface area contributed by atoms with Crippen LogP contribution in [0.2, 0.25) is 0 Å². The third-order valence-corrected chi connectivity index (χ3v) is 4.38. The van der Waals surface area contributed by atoms with Crippen LogP contribution in [0.25, 0.3) is 0 Å². The molecule has 1 unspecified atom stereocenters. The average Bonchev–Trinajstić information content (AvgIpc) is 3.24. The first-order chi connectivity index (χ1) is 13.2. The molecule has 146 valence electrons. The maximum absolute atomic E-state index is 4.63. The summed E-state index contributed by atoms with van der Waals surface area (Å²) in [5.74, 6) is 2.21. The summed E-state index contributed by atoms with van der Waals surface area (Å²) in [5, 5.41) is 7.53. The van der Waals surface area contributed by atoms with Gasteiger partial charge in [0.1, 0.15) is 5.82 Å². The van der Waals surface area contributed by atoms with Gasteiger partial charge in [-0.15, -0.1) is 5.10 Å². The summed E-state index contributed by atoms with van der Waals surface area (Å²) >= 11 is 0. The number of rotatable bonds is 2. The standard InChI is InChI=1S/C14H18N4.C5H8N2.C2H6/c1-15-14-16-13-12(11-7-3-2-4-8-11)9-5-6-10-18(13)17-14;1-5-3-7(2)4-6-5;1-2/h2-4,7-8,12H,5-6,9-10H2,1H3,(H,15,17);3-4H,1-2H3;1-2H3. The van der Waals surface area contributed by atoms with Crippen LogP contribution in [-0.4, -0.2) is 31.4 Å². The molecule has 0 fully saturated rings. The van der Waals surface area contributed by atoms with Gasteiger partial charge < -0.3 is 9.88 Å². The Morgan fingerprint density at radius 1 is 1.11 bits per heavy atom. The van der Waals surface area contributed by atoms with Crippen molar-refractivity contribution in [1.82, 2.24) is 24.3 Å². The number of fused-ring (bicyclic) bond motifs is 1. The number of nitrogens with zero attached hydrogens (tertiary/aromatic N) is 5. The van der Waals surface area contributed by atoms with Gasteiger partial charge in [-0.1, -0.05) is 50.6 Å². The van der Waals surface area contributed by atoms with Gasteiger partial charge in [-0.3, -0.25) is 0 Å². The molecule has 1 aromatic carbocycles. The number of aryl methyl sites for hydroxylation is 3. The SMILES string of the molecule is CC.CNc1nc2n(n1)CCCCC2c1ccccc1.Cc1cn(C)cn1. The van der Waals surface area contributed by atoms with Crippen molar-refractivity contribution < 1.29 is 0 Å². The van der Waals surface area contributed by atoms with Crippen molar-refractivity contribution in [3.05, 3.63) is 59.9 Å². The molecular formula is C21H32N6. The molecule has 1 atom stereocenters. The van der Waals surface area contributed by atoms with Gasteiger partial charge in [0.05, 0.1) is 12.0 Å². The molecule has 1 aliphatic rings. The molecule has 27 heavy (non-hydrogen) atoms. The molecule has 6 heteroatoms. The number of hydrogen-bond donors (Lipinski definition) is 1. The zero-order valence-corrected chi connectivity index (χ0v) is 17.2. The first kappa shape index (κ1) is 20.7. The topological polar surface area (TPSA) is 60.6 Å². The summed E-state index contributed by atoms with van der Waals surface area (Å²) in [6.45, 7) is 6.95. The molecule has 2 aromatic heterocycles. The Kier molecular flexibility index (Phi) is 8.04. The van der Waals surface area contributed by atoms with Crippen LogP contribution in [0.3, 0.4) is 0 Å². The number of anilines is 1. The van der Waals surface area contributed by atoms with Gasteiger partial charge in [0.15, 0.2) is 0 Å². The predicted molar refractivity (Wildman–Crippen MR) is 111 cm³/mol. The van der Waals surface area contributed by atoms with Crippen molar-refractivity contribution in [2.24, 2.45) is 7.05 Å². The number of aromatic nitrogens is 5. The van der Waals surface area contributed by atoms with Crippen LogP contribution in [0, 0.1) is 6.92 Å². The molecule has 6 nitrogen and oxygen atoms in total. The second-order valence-corrected chi connectivity index (χ2v) is 6.41. The van der Waals surface area contributed by atoms with E-state index in [1.807, 2.05) is 45.6 Å². The van der Waals surface area contributed by atoms with Crippen LogP contribution in [0.5, 0.6) is 0 Å². The monoisotopic (exact) mass is 368 g/mol. The first-order valence-electron chi connectivity index (χ1n) is 9.79. The fourth-order valence-electron chi connectivity index (χ4n) is 3.17. The Bertz CT molecular complexity index is 774. The smallest absolute Gasteiger partial charge is 0.242 e. The largest absolute Gasteiger partial charge is 0.356 e. The fraction of sp³-hybridized carbons (Fsp3) is 0.476. The van der Waals surface area contributed by atoms with E-state index in [-0.39, 0.29) is 0 Å². The van der Waals surface area contributed by atoms with Crippen molar-refractivity contribution in [2.75, 3.05) is 12.4 Å². The Morgan fingerprint density at radius 2 is 1.85 bits per heavy atom. The lowest BCUT2D eigenvalue weighted by Gasteiger charge is -2.13. The predicted octanol–water partition coefficient (Wildman–Crippen LogP) is 4.39. The molecule has 0 aliphatic carbocycles. The Labute approximate surface area is 162 Å². The van der Waals surface area contributed by atoms with E-state index < -0.39 is 0 Å². The minimum Gasteiger partial charge on any atom is -0.356 e. The van der Waals surface area contributed by atoms with Gasteiger partial charge in [-0.2, -0.15) is 4.98 Å². The number of nitrogens with one attached hydrogen (secondary N) is 1. The van der Waals surface area contributed by atoms with Gasteiger partial charge in [0.2, 0.25) is 5.95 Å². The van der Waals surface area contributed by atoms with Crippen LogP contribution >= 0.6 is 0 Å². The highest BCUT2D eigenvalue weighted by Crippen LogP contribution is 2.31. The molecule has 0 spiro atoms. The van der Waals surface area contributed by atoms with E-state index in [2.05, 4.69) is 55.4 Å². The van der Waals surface area contributed by atoms with Crippen molar-refractivity contribution in [3.8, 4) is 0 Å². The van der Waals surface area contributed by atoms with E-state index in [0.717, 1.165) is 30.4 Å². The maximum Gasteiger partial charge on any atom is 0.242 e. The number of imidazole rings is 1. The van der Waals surface area contributed by atoms with E-state index in [1.165, 1.54) is 18.4 Å². The Hall–Kier alpha value is -2.63. The van der Waals surface area contributed by atoms with E-state index in [1.54, 1.807) is 6.33 Å². The second-order valence-electron chi connectivity index (χ2n) is 6.41. The van der Waals surface area contributed by atoms with E-state index in [0.29, 0.717) is 5.92 Å². The van der Waals surface area contributed by atoms with Gasteiger partial charge >= 0.3 is 0 Å². The summed E-state index contributed by atoms with van der Waals surface area (Å²) < 4.78 is 3.99. The molecule has 1 N–H and O–H groups in total. The minimum absolute atomic E-state index is 0.378. The summed E-state index contributed by atoms with van der Waals surface area (Å²) in [7, 11) is 3.83. The van der Waals surface area contributed by atoms with Gasteiger partial charge in [0.25, 0.3) is 0 Å². The average molecular weight is 369 g/mol. The molecule has 0 amide bonds. The fourth-order valence-corrected chi connectivity index (χ4v) is 3.17. The Morgan fingerprint density at radius 3 is 2.41 bits per heavy atom. The van der Waals surface area contributed by atoms with Crippen molar-refractivity contribution in [3.63, 3.8) is 0 Å². The third-order valence-electron chi connectivity index (χ3n) is 4.38. The minimum atomic E-state index is 0.378. The highest BCUT2D eigenvalue weighted by molar-refractivity contribution is 5.30. The molecule has 0 saturated heterocycles. The van der Waals surface area contributed by atoms with Gasteiger partial charge in [-0.05, 0) is 25.3 Å². The Balaban J connectivity index is 0.000000244.